The van der Waals surface area contributed by atoms with Gasteiger partial charge in [0.2, 0.25) is 11.4 Å². The molecule has 33 heavy (non-hydrogen) atoms. The molecule has 1 amide bonds. The summed E-state index contributed by atoms with van der Waals surface area (Å²) in [4.78, 5) is 52.5. The first-order valence-electron chi connectivity index (χ1n) is 10.7. The monoisotopic (exact) mass is 455 g/mol. The highest BCUT2D eigenvalue weighted by molar-refractivity contribution is 6.09. The Bertz CT molecular complexity index is 926. The third-order valence-corrected chi connectivity index (χ3v) is 5.01. The summed E-state index contributed by atoms with van der Waals surface area (Å²) in [6, 6.07) is 17.7. The highest BCUT2D eigenvalue weighted by Crippen LogP contribution is 2.26. The van der Waals surface area contributed by atoms with Crippen molar-refractivity contribution in [1.82, 2.24) is 4.90 Å². The van der Waals surface area contributed by atoms with Crippen LogP contribution in [-0.2, 0) is 46.4 Å². The predicted molar refractivity (Wildman–Crippen MR) is 120 cm³/mol. The lowest BCUT2D eigenvalue weighted by atomic mass is 9.88. The minimum absolute atomic E-state index is 0.00157. The molecule has 0 aliphatic carbocycles. The van der Waals surface area contributed by atoms with Gasteiger partial charge in [-0.1, -0.05) is 60.7 Å². The molecule has 2 aromatic carbocycles. The molecule has 0 bridgehead atoms. The van der Waals surface area contributed by atoms with Gasteiger partial charge in [-0.25, -0.2) is 9.59 Å². The Hall–Kier alpha value is -3.68. The number of ether oxygens (including phenoxy) is 3. The number of benzene rings is 2. The van der Waals surface area contributed by atoms with Gasteiger partial charge in [0.1, 0.15) is 13.0 Å². The molecule has 0 atom stereocenters. The normalized spacial score (nSPS) is 10.8. The Morgan fingerprint density at radius 3 is 1.73 bits per heavy atom. The minimum Gasteiger partial charge on any atom is -0.464 e. The van der Waals surface area contributed by atoms with Crippen LogP contribution in [0.3, 0.4) is 0 Å². The highest BCUT2D eigenvalue weighted by atomic mass is 16.6. The Labute approximate surface area is 193 Å². The topological polar surface area (TPSA) is 99.2 Å². The lowest BCUT2D eigenvalue weighted by Crippen LogP contribution is -2.63. The number of carbonyl (C=O) groups excluding carboxylic acids is 4. The Kier molecular flexibility index (Phi) is 9.60. The standard InChI is InChI=1S/C25H29NO7/c1-4-31-23(29)25(24(30)32-5-2,17-19-12-8-6-9-13-19)26(3)21(27)16-22(28)33-18-20-14-10-7-11-15-20/h6-15H,4-5,16-18H2,1-3H3. The van der Waals surface area contributed by atoms with Crippen molar-refractivity contribution >= 4 is 23.8 Å². The smallest absolute Gasteiger partial charge is 0.344 e. The predicted octanol–water partition coefficient (Wildman–Crippen LogP) is 2.69. The second kappa shape index (κ2) is 12.4. The van der Waals surface area contributed by atoms with E-state index in [4.69, 9.17) is 14.2 Å². The summed E-state index contributed by atoms with van der Waals surface area (Å²) in [5.74, 6) is -3.41. The van der Waals surface area contributed by atoms with E-state index in [9.17, 15) is 19.2 Å². The van der Waals surface area contributed by atoms with Crippen LogP contribution in [0.5, 0.6) is 0 Å². The Morgan fingerprint density at radius 2 is 1.24 bits per heavy atom. The summed E-state index contributed by atoms with van der Waals surface area (Å²) < 4.78 is 15.5. The average Bonchev–Trinajstić information content (AvgIpc) is 2.82. The maximum absolute atomic E-state index is 13.1. The van der Waals surface area contributed by atoms with Crippen molar-refractivity contribution in [2.45, 2.75) is 38.8 Å². The molecule has 0 heterocycles. The fourth-order valence-electron chi connectivity index (χ4n) is 3.26. The quantitative estimate of drug-likeness (QED) is 0.292. The van der Waals surface area contributed by atoms with E-state index < -0.39 is 35.8 Å². The van der Waals surface area contributed by atoms with Gasteiger partial charge in [-0.2, -0.15) is 0 Å². The molecular formula is C25H29NO7. The van der Waals surface area contributed by atoms with Gasteiger partial charge in [0.15, 0.2) is 0 Å². The van der Waals surface area contributed by atoms with Gasteiger partial charge in [-0.05, 0) is 25.0 Å². The second-order valence-corrected chi connectivity index (χ2v) is 7.24. The van der Waals surface area contributed by atoms with E-state index >= 15 is 0 Å². The fourth-order valence-corrected chi connectivity index (χ4v) is 3.26. The number of nitrogens with zero attached hydrogens (tertiary/aromatic N) is 1. The first kappa shape index (κ1) is 25.6. The maximum Gasteiger partial charge on any atom is 0.344 e. The van der Waals surface area contributed by atoms with Crippen LogP contribution < -0.4 is 0 Å². The highest BCUT2D eigenvalue weighted by Gasteiger charge is 2.54. The molecule has 0 fully saturated rings. The van der Waals surface area contributed by atoms with Gasteiger partial charge in [0.05, 0.1) is 13.2 Å². The molecule has 0 saturated carbocycles. The lowest BCUT2D eigenvalue weighted by molar-refractivity contribution is -0.179. The van der Waals surface area contributed by atoms with Crippen LogP contribution >= 0.6 is 0 Å². The van der Waals surface area contributed by atoms with Crippen LogP contribution in [0.25, 0.3) is 0 Å². The average molecular weight is 456 g/mol. The second-order valence-electron chi connectivity index (χ2n) is 7.24. The van der Waals surface area contributed by atoms with Gasteiger partial charge in [-0.3, -0.25) is 9.59 Å². The van der Waals surface area contributed by atoms with E-state index in [1.165, 1.54) is 7.05 Å². The summed E-state index contributed by atoms with van der Waals surface area (Å²) >= 11 is 0. The molecule has 176 valence electrons. The number of hydrogen-bond acceptors (Lipinski definition) is 7. The van der Waals surface area contributed by atoms with Crippen LogP contribution in [-0.4, -0.2) is 54.5 Å². The van der Waals surface area contributed by atoms with Crippen molar-refractivity contribution in [1.29, 1.82) is 0 Å². The first-order chi connectivity index (χ1) is 15.8. The third-order valence-electron chi connectivity index (χ3n) is 5.01. The Morgan fingerprint density at radius 1 is 0.758 bits per heavy atom. The molecular weight excluding hydrogens is 426 g/mol. The molecule has 0 unspecified atom stereocenters. The van der Waals surface area contributed by atoms with Crippen LogP contribution in [0, 0.1) is 0 Å². The summed E-state index contributed by atoms with van der Waals surface area (Å²) in [6.45, 7) is 3.19. The molecule has 8 nitrogen and oxygen atoms in total. The molecule has 0 aromatic heterocycles. The molecule has 0 aliphatic rings. The summed E-state index contributed by atoms with van der Waals surface area (Å²) in [5.41, 5.74) is -0.711. The van der Waals surface area contributed by atoms with Crippen LogP contribution in [0.15, 0.2) is 60.7 Å². The van der Waals surface area contributed by atoms with Gasteiger partial charge >= 0.3 is 17.9 Å². The molecule has 0 N–H and O–H groups in total. The number of carbonyl (C=O) groups is 4. The van der Waals surface area contributed by atoms with Crippen LogP contribution in [0.1, 0.15) is 31.4 Å². The minimum atomic E-state index is -2.09. The molecule has 8 heteroatoms. The van der Waals surface area contributed by atoms with E-state index in [0.29, 0.717) is 5.56 Å². The molecule has 0 spiro atoms. The fraction of sp³-hybridized carbons (Fsp3) is 0.360. The zero-order valence-electron chi connectivity index (χ0n) is 19.1. The molecule has 0 aliphatic heterocycles. The molecule has 2 aromatic rings. The van der Waals surface area contributed by atoms with Crippen molar-refractivity contribution in [2.24, 2.45) is 0 Å². The number of esters is 3. The van der Waals surface area contributed by atoms with Crippen molar-refractivity contribution in [2.75, 3.05) is 20.3 Å². The third kappa shape index (κ3) is 6.65. The van der Waals surface area contributed by atoms with Crippen molar-refractivity contribution in [3.63, 3.8) is 0 Å². The van der Waals surface area contributed by atoms with Crippen molar-refractivity contribution < 1.29 is 33.4 Å². The van der Waals surface area contributed by atoms with E-state index in [1.807, 2.05) is 6.07 Å². The zero-order valence-corrected chi connectivity index (χ0v) is 19.1. The van der Waals surface area contributed by atoms with Gasteiger partial charge in [0, 0.05) is 13.5 Å². The molecule has 2 rings (SSSR count). The summed E-state index contributed by atoms with van der Waals surface area (Å²) in [7, 11) is 1.28. The van der Waals surface area contributed by atoms with E-state index in [-0.39, 0.29) is 26.2 Å². The van der Waals surface area contributed by atoms with Gasteiger partial charge in [0.25, 0.3) is 0 Å². The maximum atomic E-state index is 13.1. The van der Waals surface area contributed by atoms with E-state index in [0.717, 1.165) is 10.5 Å². The van der Waals surface area contributed by atoms with Gasteiger partial charge in [-0.15, -0.1) is 0 Å². The van der Waals surface area contributed by atoms with Crippen LogP contribution in [0.2, 0.25) is 0 Å². The summed E-state index contributed by atoms with van der Waals surface area (Å²) in [5, 5.41) is 0. The first-order valence-corrected chi connectivity index (χ1v) is 10.7. The van der Waals surface area contributed by atoms with Crippen molar-refractivity contribution in [3.05, 3.63) is 71.8 Å². The van der Waals surface area contributed by atoms with E-state index in [1.54, 1.807) is 68.4 Å². The molecule has 0 saturated heterocycles. The zero-order chi connectivity index (χ0) is 24.3. The summed E-state index contributed by atoms with van der Waals surface area (Å²) in [6.07, 6.45) is -0.828. The Balaban J connectivity index is 2.28. The van der Waals surface area contributed by atoms with E-state index in [2.05, 4.69) is 0 Å². The van der Waals surface area contributed by atoms with Gasteiger partial charge < -0.3 is 19.1 Å². The SMILES string of the molecule is CCOC(=O)C(Cc1ccccc1)(C(=O)OCC)N(C)C(=O)CC(=O)OCc1ccccc1. The van der Waals surface area contributed by atoms with Crippen molar-refractivity contribution in [3.8, 4) is 0 Å². The number of amides is 1. The number of hydrogen-bond donors (Lipinski definition) is 0. The lowest BCUT2D eigenvalue weighted by Gasteiger charge is -2.37. The number of likely N-dealkylation sites (N-methyl/N-ethyl adjacent to an activating group) is 1. The largest absolute Gasteiger partial charge is 0.464 e. The molecule has 0 radical (unpaired) electrons. The number of rotatable bonds is 11. The van der Waals surface area contributed by atoms with Crippen LogP contribution in [0.4, 0.5) is 0 Å².